The summed E-state index contributed by atoms with van der Waals surface area (Å²) in [6.07, 6.45) is 4.01. The Morgan fingerprint density at radius 1 is 1.63 bits per heavy atom. The van der Waals surface area contributed by atoms with Crippen molar-refractivity contribution in [3.63, 3.8) is 0 Å². The fraction of sp³-hybridized carbons (Fsp3) is 0.714. The molecule has 5 heteroatoms. The van der Waals surface area contributed by atoms with Crippen LogP contribution in [-0.4, -0.2) is 40.8 Å². The van der Waals surface area contributed by atoms with Crippen molar-refractivity contribution in [3.05, 3.63) is 18.0 Å². The van der Waals surface area contributed by atoms with Gasteiger partial charge in [0, 0.05) is 25.3 Å². The Morgan fingerprint density at radius 3 is 3.11 bits per heavy atom. The molecule has 19 heavy (non-hydrogen) atoms. The van der Waals surface area contributed by atoms with Crippen molar-refractivity contribution in [1.29, 1.82) is 0 Å². The Morgan fingerprint density at radius 2 is 2.42 bits per heavy atom. The zero-order chi connectivity index (χ0) is 13.8. The van der Waals surface area contributed by atoms with E-state index in [2.05, 4.69) is 29.9 Å². The van der Waals surface area contributed by atoms with Gasteiger partial charge in [0.1, 0.15) is 0 Å². The van der Waals surface area contributed by atoms with Gasteiger partial charge in [-0.25, -0.2) is 0 Å². The molecule has 1 fully saturated rings. The minimum absolute atomic E-state index is 0.0293. The molecule has 0 amide bonds. The Bertz CT molecular complexity index is 430. The van der Waals surface area contributed by atoms with Crippen LogP contribution < -0.4 is 0 Å². The molecule has 1 aromatic rings. The predicted molar refractivity (Wildman–Crippen MR) is 72.6 cm³/mol. The van der Waals surface area contributed by atoms with E-state index in [1.54, 1.807) is 0 Å². The zero-order valence-electron chi connectivity index (χ0n) is 12.0. The summed E-state index contributed by atoms with van der Waals surface area (Å²) in [7, 11) is 1.46. The molecule has 0 spiro atoms. The number of hydrogen-bond donors (Lipinski definition) is 0. The number of nitrogens with zero attached hydrogens (tertiary/aromatic N) is 3. The monoisotopic (exact) mass is 265 g/mol. The maximum atomic E-state index is 11.5. The van der Waals surface area contributed by atoms with Crippen LogP contribution in [0.4, 0.5) is 0 Å². The molecule has 0 saturated carbocycles. The summed E-state index contributed by atoms with van der Waals surface area (Å²) in [6.45, 7) is 6.86. The highest BCUT2D eigenvalue weighted by Crippen LogP contribution is 2.19. The third-order valence-electron chi connectivity index (χ3n) is 3.90. The normalized spacial score (nSPS) is 21.5. The second kappa shape index (κ2) is 6.19. The van der Waals surface area contributed by atoms with E-state index >= 15 is 0 Å². The number of carbonyl (C=O) groups excluding carboxylic acids is 1. The fourth-order valence-electron chi connectivity index (χ4n) is 2.46. The van der Waals surface area contributed by atoms with Gasteiger partial charge in [0.25, 0.3) is 0 Å². The molecule has 0 N–H and O–H groups in total. The molecule has 1 aromatic heterocycles. The second-order valence-corrected chi connectivity index (χ2v) is 5.29. The largest absolute Gasteiger partial charge is 0.469 e. The van der Waals surface area contributed by atoms with E-state index in [1.807, 2.05) is 10.9 Å². The Kier molecular flexibility index (Phi) is 4.58. The molecule has 1 aliphatic heterocycles. The first-order chi connectivity index (χ1) is 9.13. The van der Waals surface area contributed by atoms with E-state index in [9.17, 15) is 4.79 Å². The summed E-state index contributed by atoms with van der Waals surface area (Å²) in [5, 5.41) is 4.59. The maximum absolute atomic E-state index is 11.5. The Hall–Kier alpha value is -1.36. The van der Waals surface area contributed by atoms with Gasteiger partial charge in [-0.05, 0) is 32.4 Å². The third-order valence-corrected chi connectivity index (χ3v) is 3.90. The van der Waals surface area contributed by atoms with Crippen LogP contribution in [0.25, 0.3) is 0 Å². The lowest BCUT2D eigenvalue weighted by Gasteiger charge is -2.14. The molecule has 2 rings (SSSR count). The molecular weight excluding hydrogens is 242 g/mol. The smallest absolute Gasteiger partial charge is 0.310 e. The predicted octanol–water partition coefficient (Wildman–Crippen LogP) is 1.85. The molecule has 5 nitrogen and oxygen atoms in total. The standard InChI is InChI=1S/C14H23N3O2/c1-4-11(2)17-8-6-13(15-17)10-16-7-5-12(9-16)14(18)19-3/h6,8,11-12H,4-5,7,9-10H2,1-3H3. The van der Waals surface area contributed by atoms with Crippen molar-refractivity contribution >= 4 is 5.97 Å². The number of esters is 1. The van der Waals surface area contributed by atoms with Crippen molar-refractivity contribution in [2.24, 2.45) is 5.92 Å². The second-order valence-electron chi connectivity index (χ2n) is 5.29. The third kappa shape index (κ3) is 3.35. The van der Waals surface area contributed by atoms with Crippen LogP contribution in [0.3, 0.4) is 0 Å². The summed E-state index contributed by atoms with van der Waals surface area (Å²) >= 11 is 0. The van der Waals surface area contributed by atoms with Crippen molar-refractivity contribution in [2.75, 3.05) is 20.2 Å². The van der Waals surface area contributed by atoms with Crippen LogP contribution in [0.5, 0.6) is 0 Å². The van der Waals surface area contributed by atoms with E-state index in [1.165, 1.54) is 7.11 Å². The van der Waals surface area contributed by atoms with Crippen LogP contribution in [0.15, 0.2) is 12.3 Å². The number of rotatable bonds is 5. The zero-order valence-corrected chi connectivity index (χ0v) is 12.0. The lowest BCUT2D eigenvalue weighted by molar-refractivity contribution is -0.144. The number of methoxy groups -OCH3 is 1. The molecule has 2 heterocycles. The number of carbonyl (C=O) groups is 1. The lowest BCUT2D eigenvalue weighted by atomic mass is 10.1. The van der Waals surface area contributed by atoms with Crippen LogP contribution >= 0.6 is 0 Å². The van der Waals surface area contributed by atoms with E-state index in [-0.39, 0.29) is 11.9 Å². The average molecular weight is 265 g/mol. The molecule has 0 bridgehead atoms. The fourth-order valence-corrected chi connectivity index (χ4v) is 2.46. The molecule has 2 unspecified atom stereocenters. The summed E-state index contributed by atoms with van der Waals surface area (Å²) in [5.41, 5.74) is 1.07. The highest BCUT2D eigenvalue weighted by Gasteiger charge is 2.29. The number of ether oxygens (including phenoxy) is 1. The lowest BCUT2D eigenvalue weighted by Crippen LogP contribution is -2.24. The van der Waals surface area contributed by atoms with Gasteiger partial charge >= 0.3 is 5.97 Å². The minimum atomic E-state index is -0.0902. The van der Waals surface area contributed by atoms with Crippen LogP contribution in [0.2, 0.25) is 0 Å². The van der Waals surface area contributed by atoms with E-state index in [0.29, 0.717) is 6.04 Å². The molecule has 0 aliphatic carbocycles. The first kappa shape index (κ1) is 14.1. The molecule has 106 valence electrons. The summed E-state index contributed by atoms with van der Waals surface area (Å²) in [6, 6.07) is 2.51. The van der Waals surface area contributed by atoms with E-state index < -0.39 is 0 Å². The number of likely N-dealkylation sites (tertiary alicyclic amines) is 1. The van der Waals surface area contributed by atoms with Crippen molar-refractivity contribution in [3.8, 4) is 0 Å². The molecule has 0 aromatic carbocycles. The van der Waals surface area contributed by atoms with Gasteiger partial charge in [0.05, 0.1) is 18.7 Å². The Labute approximate surface area is 114 Å². The Balaban J connectivity index is 1.89. The number of aromatic nitrogens is 2. The van der Waals surface area contributed by atoms with Crippen molar-refractivity contribution in [1.82, 2.24) is 14.7 Å². The van der Waals surface area contributed by atoms with Crippen molar-refractivity contribution < 1.29 is 9.53 Å². The van der Waals surface area contributed by atoms with Crippen molar-refractivity contribution in [2.45, 2.75) is 39.3 Å². The first-order valence-electron chi connectivity index (χ1n) is 6.98. The van der Waals surface area contributed by atoms with E-state index in [0.717, 1.165) is 38.2 Å². The topological polar surface area (TPSA) is 47.4 Å². The van der Waals surface area contributed by atoms with Gasteiger partial charge in [-0.2, -0.15) is 5.10 Å². The highest BCUT2D eigenvalue weighted by atomic mass is 16.5. The van der Waals surface area contributed by atoms with Gasteiger partial charge in [0.2, 0.25) is 0 Å². The van der Waals surface area contributed by atoms with Crippen LogP contribution in [0.1, 0.15) is 38.4 Å². The first-order valence-corrected chi connectivity index (χ1v) is 6.98. The minimum Gasteiger partial charge on any atom is -0.469 e. The van der Waals surface area contributed by atoms with Gasteiger partial charge in [0.15, 0.2) is 0 Å². The molecule has 0 radical (unpaired) electrons. The summed E-state index contributed by atoms with van der Waals surface area (Å²) < 4.78 is 6.81. The molecule has 2 atom stereocenters. The van der Waals surface area contributed by atoms with Crippen LogP contribution in [0, 0.1) is 5.92 Å². The molecule has 1 aliphatic rings. The van der Waals surface area contributed by atoms with Gasteiger partial charge in [-0.15, -0.1) is 0 Å². The van der Waals surface area contributed by atoms with Gasteiger partial charge < -0.3 is 4.74 Å². The SMILES string of the molecule is CCC(C)n1ccc(CN2CCC(C(=O)OC)C2)n1. The summed E-state index contributed by atoms with van der Waals surface area (Å²) in [4.78, 5) is 13.7. The maximum Gasteiger partial charge on any atom is 0.310 e. The van der Waals surface area contributed by atoms with Gasteiger partial charge in [-0.1, -0.05) is 6.92 Å². The number of hydrogen-bond acceptors (Lipinski definition) is 4. The quantitative estimate of drug-likeness (QED) is 0.762. The van der Waals surface area contributed by atoms with Crippen LogP contribution in [-0.2, 0) is 16.1 Å². The van der Waals surface area contributed by atoms with E-state index in [4.69, 9.17) is 4.74 Å². The highest BCUT2D eigenvalue weighted by molar-refractivity contribution is 5.72. The summed E-state index contributed by atoms with van der Waals surface area (Å²) in [5.74, 6) is -0.0608. The molecular formula is C14H23N3O2. The molecule has 1 saturated heterocycles. The van der Waals surface area contributed by atoms with Gasteiger partial charge in [-0.3, -0.25) is 14.4 Å². The average Bonchev–Trinajstić information content (AvgIpc) is 3.07.